The molecule has 1 fully saturated rings. The Morgan fingerprint density at radius 1 is 1.38 bits per heavy atom. The monoisotopic (exact) mass is 287 g/mol. The highest BCUT2D eigenvalue weighted by atomic mass is 16.5. The van der Waals surface area contributed by atoms with Crippen LogP contribution in [0.1, 0.15) is 18.5 Å². The number of anilines is 1. The quantitative estimate of drug-likeness (QED) is 0.930. The van der Waals surface area contributed by atoms with E-state index in [1.165, 1.54) is 0 Å². The number of hydrogen-bond acceptors (Lipinski definition) is 5. The molecule has 1 aliphatic rings. The number of benzene rings is 1. The summed E-state index contributed by atoms with van der Waals surface area (Å²) >= 11 is 0. The number of rotatable bonds is 3. The smallest absolute Gasteiger partial charge is 0.326 e. The first kappa shape index (κ1) is 13.6. The van der Waals surface area contributed by atoms with Crippen LogP contribution in [0.25, 0.3) is 11.0 Å². The molecule has 0 aliphatic carbocycles. The molecule has 1 atom stereocenters. The van der Waals surface area contributed by atoms with Gasteiger partial charge in [-0.1, -0.05) is 0 Å². The van der Waals surface area contributed by atoms with Crippen LogP contribution < -0.4 is 9.64 Å². The van der Waals surface area contributed by atoms with Crippen molar-refractivity contribution in [1.82, 2.24) is 9.97 Å². The van der Waals surface area contributed by atoms with E-state index in [2.05, 4.69) is 9.97 Å². The third kappa shape index (κ3) is 2.37. The minimum atomic E-state index is -0.802. The number of carbonyl (C=O) groups is 1. The molecule has 1 saturated heterocycles. The maximum Gasteiger partial charge on any atom is 0.326 e. The van der Waals surface area contributed by atoms with Crippen LogP contribution in [0.5, 0.6) is 5.75 Å². The molecular formula is C15H17N3O3. The predicted octanol–water partition coefficient (Wildman–Crippen LogP) is 2.00. The number of fused-ring (bicyclic) bond motifs is 1. The zero-order valence-electron chi connectivity index (χ0n) is 12.0. The van der Waals surface area contributed by atoms with Gasteiger partial charge in [0.05, 0.1) is 23.8 Å². The summed E-state index contributed by atoms with van der Waals surface area (Å²) in [4.78, 5) is 22.3. The number of hydrogen-bond donors (Lipinski definition) is 1. The number of carboxylic acid groups (broad SMARTS) is 1. The van der Waals surface area contributed by atoms with Crippen molar-refractivity contribution in [2.24, 2.45) is 0 Å². The standard InChI is InChI=1S/C15H17N3O3/c1-9-14(18-7-3-4-13(18)15(19)20)17-11-6-5-10(21-2)8-12(11)16-9/h5-6,8,13H,3-4,7H2,1-2H3,(H,19,20)/t13-/m1/s1. The molecule has 2 aromatic rings. The molecule has 0 saturated carbocycles. The van der Waals surface area contributed by atoms with Gasteiger partial charge in [-0.25, -0.2) is 14.8 Å². The van der Waals surface area contributed by atoms with Gasteiger partial charge in [0, 0.05) is 12.6 Å². The largest absolute Gasteiger partial charge is 0.497 e. The van der Waals surface area contributed by atoms with Crippen molar-refractivity contribution in [3.05, 3.63) is 23.9 Å². The molecule has 1 aromatic carbocycles. The summed E-state index contributed by atoms with van der Waals surface area (Å²) in [7, 11) is 1.61. The zero-order valence-corrected chi connectivity index (χ0v) is 12.0. The number of aromatic nitrogens is 2. The maximum atomic E-state index is 11.3. The first-order valence-electron chi connectivity index (χ1n) is 6.92. The number of carboxylic acids is 1. The third-order valence-corrected chi connectivity index (χ3v) is 3.83. The van der Waals surface area contributed by atoms with Crippen LogP contribution in [0.15, 0.2) is 18.2 Å². The average Bonchev–Trinajstić information content (AvgIpc) is 2.95. The van der Waals surface area contributed by atoms with Gasteiger partial charge in [-0.15, -0.1) is 0 Å². The fourth-order valence-electron chi connectivity index (χ4n) is 2.79. The lowest BCUT2D eigenvalue weighted by Gasteiger charge is -2.24. The van der Waals surface area contributed by atoms with Gasteiger partial charge in [0.15, 0.2) is 5.82 Å². The Bertz CT molecular complexity index is 702. The molecule has 1 aliphatic heterocycles. The van der Waals surface area contributed by atoms with E-state index in [0.29, 0.717) is 18.8 Å². The lowest BCUT2D eigenvalue weighted by molar-refractivity contribution is -0.138. The number of aliphatic carboxylic acids is 1. The van der Waals surface area contributed by atoms with Gasteiger partial charge in [-0.2, -0.15) is 0 Å². The lowest BCUT2D eigenvalue weighted by atomic mass is 10.2. The highest BCUT2D eigenvalue weighted by molar-refractivity contribution is 5.81. The van der Waals surface area contributed by atoms with Gasteiger partial charge >= 0.3 is 5.97 Å². The molecule has 6 heteroatoms. The van der Waals surface area contributed by atoms with Crippen LogP contribution in [0.3, 0.4) is 0 Å². The summed E-state index contributed by atoms with van der Waals surface area (Å²) in [5.74, 6) is 0.592. The summed E-state index contributed by atoms with van der Waals surface area (Å²) < 4.78 is 5.18. The Kier molecular flexibility index (Phi) is 3.37. The van der Waals surface area contributed by atoms with E-state index in [1.54, 1.807) is 7.11 Å². The Balaban J connectivity index is 2.07. The normalized spacial score (nSPS) is 18.2. The number of ether oxygens (including phenoxy) is 1. The molecule has 1 N–H and O–H groups in total. The second-order valence-electron chi connectivity index (χ2n) is 5.18. The van der Waals surface area contributed by atoms with E-state index in [0.717, 1.165) is 28.9 Å². The molecule has 21 heavy (non-hydrogen) atoms. The van der Waals surface area contributed by atoms with E-state index >= 15 is 0 Å². The van der Waals surface area contributed by atoms with Crippen LogP contribution >= 0.6 is 0 Å². The van der Waals surface area contributed by atoms with Crippen LogP contribution in [0.4, 0.5) is 5.82 Å². The Morgan fingerprint density at radius 3 is 2.90 bits per heavy atom. The van der Waals surface area contributed by atoms with Crippen molar-refractivity contribution in [1.29, 1.82) is 0 Å². The van der Waals surface area contributed by atoms with E-state index in [1.807, 2.05) is 30.0 Å². The Hall–Kier alpha value is -2.37. The van der Waals surface area contributed by atoms with E-state index in [4.69, 9.17) is 4.74 Å². The minimum absolute atomic E-state index is 0.506. The molecular weight excluding hydrogens is 270 g/mol. The molecule has 2 heterocycles. The van der Waals surface area contributed by atoms with E-state index < -0.39 is 12.0 Å². The number of aryl methyl sites for hydroxylation is 1. The van der Waals surface area contributed by atoms with Crippen LogP contribution in [-0.4, -0.2) is 40.7 Å². The van der Waals surface area contributed by atoms with Crippen molar-refractivity contribution in [3.8, 4) is 5.75 Å². The first-order chi connectivity index (χ1) is 10.1. The SMILES string of the molecule is COc1ccc2nc(N3CCC[C@@H]3C(=O)O)c(C)nc2c1. The Morgan fingerprint density at radius 2 is 2.19 bits per heavy atom. The highest BCUT2D eigenvalue weighted by Gasteiger charge is 2.32. The van der Waals surface area contributed by atoms with Gasteiger partial charge in [0.2, 0.25) is 0 Å². The number of methoxy groups -OCH3 is 1. The molecule has 6 nitrogen and oxygen atoms in total. The van der Waals surface area contributed by atoms with Crippen molar-refractivity contribution in [2.45, 2.75) is 25.8 Å². The number of nitrogens with zero attached hydrogens (tertiary/aromatic N) is 3. The second-order valence-corrected chi connectivity index (χ2v) is 5.18. The second kappa shape index (κ2) is 5.20. The molecule has 0 radical (unpaired) electrons. The third-order valence-electron chi connectivity index (χ3n) is 3.83. The van der Waals surface area contributed by atoms with Gasteiger partial charge < -0.3 is 14.7 Å². The molecule has 3 rings (SSSR count). The molecule has 0 spiro atoms. The highest BCUT2D eigenvalue weighted by Crippen LogP contribution is 2.28. The molecule has 0 unspecified atom stereocenters. The molecule has 0 bridgehead atoms. The van der Waals surface area contributed by atoms with Crippen LogP contribution in [0.2, 0.25) is 0 Å². The zero-order chi connectivity index (χ0) is 15.0. The summed E-state index contributed by atoms with van der Waals surface area (Å²) in [6.07, 6.45) is 1.51. The molecule has 0 amide bonds. The molecule has 110 valence electrons. The topological polar surface area (TPSA) is 75.5 Å². The summed E-state index contributed by atoms with van der Waals surface area (Å²) in [6.45, 7) is 2.56. The summed E-state index contributed by atoms with van der Waals surface area (Å²) in [5, 5.41) is 9.31. The van der Waals surface area contributed by atoms with Gasteiger partial charge in [-0.3, -0.25) is 0 Å². The van der Waals surface area contributed by atoms with E-state index in [-0.39, 0.29) is 0 Å². The lowest BCUT2D eigenvalue weighted by Crippen LogP contribution is -2.37. The van der Waals surface area contributed by atoms with Crippen molar-refractivity contribution < 1.29 is 14.6 Å². The average molecular weight is 287 g/mol. The molecule has 1 aromatic heterocycles. The summed E-state index contributed by atoms with van der Waals surface area (Å²) in [5.41, 5.74) is 2.23. The summed E-state index contributed by atoms with van der Waals surface area (Å²) in [6, 6.07) is 5.00. The van der Waals surface area contributed by atoms with Crippen molar-refractivity contribution in [2.75, 3.05) is 18.6 Å². The van der Waals surface area contributed by atoms with Gasteiger partial charge in [0.1, 0.15) is 11.8 Å². The van der Waals surface area contributed by atoms with E-state index in [9.17, 15) is 9.90 Å². The fraction of sp³-hybridized carbons (Fsp3) is 0.400. The predicted molar refractivity (Wildman–Crippen MR) is 78.8 cm³/mol. The van der Waals surface area contributed by atoms with Crippen molar-refractivity contribution >= 4 is 22.8 Å². The first-order valence-corrected chi connectivity index (χ1v) is 6.92. The van der Waals surface area contributed by atoms with Gasteiger partial charge in [-0.05, 0) is 31.9 Å². The van der Waals surface area contributed by atoms with Crippen LogP contribution in [0, 0.1) is 6.92 Å². The van der Waals surface area contributed by atoms with Gasteiger partial charge in [0.25, 0.3) is 0 Å². The maximum absolute atomic E-state index is 11.3. The minimum Gasteiger partial charge on any atom is -0.497 e. The Labute approximate surface area is 122 Å². The van der Waals surface area contributed by atoms with Crippen LogP contribution in [-0.2, 0) is 4.79 Å². The fourth-order valence-corrected chi connectivity index (χ4v) is 2.79. The van der Waals surface area contributed by atoms with Crippen molar-refractivity contribution in [3.63, 3.8) is 0 Å².